The predicted molar refractivity (Wildman–Crippen MR) is 79.7 cm³/mol. The van der Waals surface area contributed by atoms with Crippen LogP contribution >= 0.6 is 45.3 Å². The fourth-order valence-corrected chi connectivity index (χ4v) is 3.89. The van der Waals surface area contributed by atoms with Gasteiger partial charge in [-0.15, -0.1) is 22.7 Å². The van der Waals surface area contributed by atoms with Gasteiger partial charge in [-0.25, -0.2) is 4.98 Å². The zero-order valence-corrected chi connectivity index (χ0v) is 13.1. The first-order valence-corrected chi connectivity index (χ1v) is 7.76. The molecule has 1 amide bonds. The Morgan fingerprint density at radius 1 is 1.67 bits per heavy atom. The molecule has 7 heteroatoms. The van der Waals surface area contributed by atoms with Gasteiger partial charge < -0.3 is 5.32 Å². The number of aryl methyl sites for hydroxylation is 1. The second kappa shape index (κ2) is 5.77. The molecule has 0 saturated carbocycles. The third-order valence-corrected chi connectivity index (χ3v) is 5.18. The van der Waals surface area contributed by atoms with Gasteiger partial charge in [0.05, 0.1) is 11.1 Å². The fourth-order valence-electron chi connectivity index (χ4n) is 1.36. The molecule has 0 fully saturated rings. The van der Waals surface area contributed by atoms with Crippen LogP contribution in [0.3, 0.4) is 0 Å². The molecule has 2 rings (SSSR count). The second-order valence-corrected chi connectivity index (χ2v) is 6.61. The standard InChI is InChI=1S/C11H8IN3OS2/c1-6-14-10(12)9(18-6)11(16)15-7(5-13)8-3-2-4-17-8/h2-4,7H,1H3,(H,15,16). The summed E-state index contributed by atoms with van der Waals surface area (Å²) in [5, 5.41) is 14.5. The van der Waals surface area contributed by atoms with E-state index in [-0.39, 0.29) is 5.91 Å². The van der Waals surface area contributed by atoms with Gasteiger partial charge in [-0.2, -0.15) is 5.26 Å². The Morgan fingerprint density at radius 2 is 2.44 bits per heavy atom. The van der Waals surface area contributed by atoms with Gasteiger partial charge in [0.25, 0.3) is 5.91 Å². The molecule has 4 nitrogen and oxygen atoms in total. The molecule has 0 aliphatic carbocycles. The van der Waals surface area contributed by atoms with E-state index in [4.69, 9.17) is 5.26 Å². The van der Waals surface area contributed by atoms with E-state index in [2.05, 4.69) is 16.4 Å². The molecule has 1 unspecified atom stereocenters. The highest BCUT2D eigenvalue weighted by atomic mass is 127. The molecule has 1 atom stereocenters. The van der Waals surface area contributed by atoms with Gasteiger partial charge >= 0.3 is 0 Å². The number of halogens is 1. The lowest BCUT2D eigenvalue weighted by atomic mass is 10.2. The number of nitriles is 1. The van der Waals surface area contributed by atoms with E-state index in [1.807, 2.05) is 47.0 Å². The Kier molecular flexibility index (Phi) is 4.31. The highest BCUT2D eigenvalue weighted by molar-refractivity contribution is 14.1. The van der Waals surface area contributed by atoms with E-state index in [0.717, 1.165) is 9.88 Å². The van der Waals surface area contributed by atoms with Crippen LogP contribution < -0.4 is 5.32 Å². The van der Waals surface area contributed by atoms with Crippen molar-refractivity contribution in [3.05, 3.63) is 36.0 Å². The Balaban J connectivity index is 2.16. The highest BCUT2D eigenvalue weighted by Crippen LogP contribution is 2.22. The molecular formula is C11H8IN3OS2. The number of thiazole rings is 1. The number of hydrogen-bond donors (Lipinski definition) is 1. The van der Waals surface area contributed by atoms with Crippen molar-refractivity contribution in [3.8, 4) is 6.07 Å². The van der Waals surface area contributed by atoms with Gasteiger partial charge in [-0.1, -0.05) is 6.07 Å². The lowest BCUT2D eigenvalue weighted by molar-refractivity contribution is 0.0948. The molecule has 0 bridgehead atoms. The number of aromatic nitrogens is 1. The first-order valence-electron chi connectivity index (χ1n) is 4.98. The second-order valence-electron chi connectivity index (χ2n) is 3.40. The number of amides is 1. The van der Waals surface area contributed by atoms with Gasteiger partial charge in [-0.3, -0.25) is 4.79 Å². The molecule has 0 spiro atoms. The van der Waals surface area contributed by atoms with Gasteiger partial charge in [0, 0.05) is 4.88 Å². The lowest BCUT2D eigenvalue weighted by Gasteiger charge is -2.08. The molecule has 2 aromatic heterocycles. The first-order chi connectivity index (χ1) is 8.61. The summed E-state index contributed by atoms with van der Waals surface area (Å²) >= 11 is 4.81. The maximum Gasteiger partial charge on any atom is 0.265 e. The van der Waals surface area contributed by atoms with Crippen LogP contribution in [0.25, 0.3) is 0 Å². The zero-order valence-electron chi connectivity index (χ0n) is 9.31. The number of nitrogens with zero attached hydrogens (tertiary/aromatic N) is 2. The molecule has 92 valence electrons. The zero-order chi connectivity index (χ0) is 13.1. The largest absolute Gasteiger partial charge is 0.331 e. The van der Waals surface area contributed by atoms with Crippen molar-refractivity contribution in [3.63, 3.8) is 0 Å². The van der Waals surface area contributed by atoms with E-state index >= 15 is 0 Å². The molecule has 2 aromatic rings. The summed E-state index contributed by atoms with van der Waals surface area (Å²) < 4.78 is 0.676. The lowest BCUT2D eigenvalue weighted by Crippen LogP contribution is -2.26. The molecule has 0 saturated heterocycles. The Labute approximate surface area is 126 Å². The number of nitrogens with one attached hydrogen (secondary N) is 1. The van der Waals surface area contributed by atoms with Crippen LogP contribution in [0.1, 0.15) is 25.6 Å². The molecule has 2 heterocycles. The van der Waals surface area contributed by atoms with Crippen molar-refractivity contribution in [2.45, 2.75) is 13.0 Å². The SMILES string of the molecule is Cc1nc(I)c(C(=O)NC(C#N)c2cccs2)s1. The highest BCUT2D eigenvalue weighted by Gasteiger charge is 2.20. The minimum absolute atomic E-state index is 0.245. The van der Waals surface area contributed by atoms with Gasteiger partial charge in [0.2, 0.25) is 0 Å². The first kappa shape index (κ1) is 13.5. The van der Waals surface area contributed by atoms with Crippen LogP contribution in [0.4, 0.5) is 0 Å². The van der Waals surface area contributed by atoms with Crippen LogP contribution in [-0.4, -0.2) is 10.9 Å². The molecule has 1 N–H and O–H groups in total. The number of rotatable bonds is 3. The van der Waals surface area contributed by atoms with Crippen molar-refractivity contribution in [2.75, 3.05) is 0 Å². The molecule has 0 aromatic carbocycles. The summed E-state index contributed by atoms with van der Waals surface area (Å²) in [6.07, 6.45) is 0. The molecule has 18 heavy (non-hydrogen) atoms. The van der Waals surface area contributed by atoms with E-state index in [9.17, 15) is 4.79 Å². The van der Waals surface area contributed by atoms with E-state index in [1.165, 1.54) is 22.7 Å². The maximum absolute atomic E-state index is 12.1. The minimum Gasteiger partial charge on any atom is -0.331 e. The maximum atomic E-state index is 12.1. The van der Waals surface area contributed by atoms with E-state index < -0.39 is 6.04 Å². The van der Waals surface area contributed by atoms with Crippen LogP contribution in [0.2, 0.25) is 0 Å². The summed E-state index contributed by atoms with van der Waals surface area (Å²) in [5.74, 6) is -0.245. The normalized spacial score (nSPS) is 11.8. The van der Waals surface area contributed by atoms with E-state index in [1.54, 1.807) is 0 Å². The van der Waals surface area contributed by atoms with Crippen LogP contribution in [-0.2, 0) is 0 Å². The average Bonchev–Trinajstić information content (AvgIpc) is 2.95. The summed E-state index contributed by atoms with van der Waals surface area (Å²) in [6.45, 7) is 1.85. The Hall–Kier alpha value is -0.980. The van der Waals surface area contributed by atoms with Crippen LogP contribution in [0.15, 0.2) is 17.5 Å². The molecular weight excluding hydrogens is 381 g/mol. The number of hydrogen-bond acceptors (Lipinski definition) is 5. The van der Waals surface area contributed by atoms with Crippen molar-refractivity contribution in [1.82, 2.24) is 10.3 Å². The third-order valence-electron chi connectivity index (χ3n) is 2.13. The van der Waals surface area contributed by atoms with Crippen molar-refractivity contribution in [2.24, 2.45) is 0 Å². The van der Waals surface area contributed by atoms with Crippen LogP contribution in [0.5, 0.6) is 0 Å². The minimum atomic E-state index is -0.601. The van der Waals surface area contributed by atoms with Gasteiger partial charge in [0.1, 0.15) is 8.58 Å². The quantitative estimate of drug-likeness (QED) is 0.821. The summed E-state index contributed by atoms with van der Waals surface area (Å²) in [6, 6.07) is 5.18. The summed E-state index contributed by atoms with van der Waals surface area (Å²) in [7, 11) is 0. The third kappa shape index (κ3) is 2.88. The predicted octanol–water partition coefficient (Wildman–Crippen LogP) is 3.11. The number of thiophene rings is 1. The smallest absolute Gasteiger partial charge is 0.265 e. The number of carbonyl (C=O) groups excluding carboxylic acids is 1. The van der Waals surface area contributed by atoms with E-state index in [0.29, 0.717) is 8.58 Å². The Bertz CT molecular complexity index is 600. The monoisotopic (exact) mass is 389 g/mol. The summed E-state index contributed by atoms with van der Waals surface area (Å²) in [5.41, 5.74) is 0. The van der Waals surface area contributed by atoms with Crippen molar-refractivity contribution in [1.29, 1.82) is 5.26 Å². The Morgan fingerprint density at radius 3 is 2.94 bits per heavy atom. The number of carbonyl (C=O) groups is 1. The topological polar surface area (TPSA) is 65.8 Å². The fraction of sp³-hybridized carbons (Fsp3) is 0.182. The van der Waals surface area contributed by atoms with Crippen molar-refractivity contribution >= 4 is 51.2 Å². The molecule has 0 radical (unpaired) electrons. The van der Waals surface area contributed by atoms with Gasteiger partial charge in [0.15, 0.2) is 6.04 Å². The summed E-state index contributed by atoms with van der Waals surface area (Å²) in [4.78, 5) is 17.6. The average molecular weight is 389 g/mol. The van der Waals surface area contributed by atoms with Gasteiger partial charge in [-0.05, 0) is 41.0 Å². The molecule has 0 aliphatic rings. The van der Waals surface area contributed by atoms with Crippen molar-refractivity contribution < 1.29 is 4.79 Å². The molecule has 0 aliphatic heterocycles. The van der Waals surface area contributed by atoms with Crippen LogP contribution in [0, 0.1) is 22.0 Å².